The lowest BCUT2D eigenvalue weighted by Crippen LogP contribution is -2.54. The maximum atomic E-state index is 12.1. The smallest absolute Gasteiger partial charge is 0.304 e. The Balaban J connectivity index is 2.09. The maximum absolute atomic E-state index is 12.1. The lowest BCUT2D eigenvalue weighted by atomic mass is 9.76. The first kappa shape index (κ1) is 11.5. The van der Waals surface area contributed by atoms with Gasteiger partial charge in [0.2, 0.25) is 0 Å². The number of hydrogen-bond donors (Lipinski definition) is 1. The van der Waals surface area contributed by atoms with Crippen molar-refractivity contribution >= 4 is 11.8 Å². The van der Waals surface area contributed by atoms with Gasteiger partial charge in [-0.2, -0.15) is 0 Å². The summed E-state index contributed by atoms with van der Waals surface area (Å²) in [6, 6.07) is 0. The summed E-state index contributed by atoms with van der Waals surface area (Å²) in [6.07, 6.45) is -0.194. The van der Waals surface area contributed by atoms with E-state index in [2.05, 4.69) is 0 Å². The number of rotatable bonds is 2. The van der Waals surface area contributed by atoms with Crippen LogP contribution in [-0.2, 0) is 23.8 Å². The van der Waals surface area contributed by atoms with Crippen LogP contribution >= 0.6 is 0 Å². The third kappa shape index (κ3) is 2.09. The monoisotopic (exact) mass is 230 g/mol. The molecular formula is C10H14O6. The zero-order chi connectivity index (χ0) is 11.6. The average molecular weight is 230 g/mol. The van der Waals surface area contributed by atoms with Crippen molar-refractivity contribution in [3.8, 4) is 0 Å². The van der Waals surface area contributed by atoms with Gasteiger partial charge in [-0.25, -0.2) is 0 Å². The molecule has 2 saturated heterocycles. The van der Waals surface area contributed by atoms with Gasteiger partial charge in [0.25, 0.3) is 0 Å². The summed E-state index contributed by atoms with van der Waals surface area (Å²) >= 11 is 0. The predicted molar refractivity (Wildman–Crippen MR) is 50.8 cm³/mol. The topological polar surface area (TPSA) is 82.1 Å². The van der Waals surface area contributed by atoms with E-state index in [1.54, 1.807) is 0 Å². The quantitative estimate of drug-likeness (QED) is 0.699. The number of carbonyl (C=O) groups excluding carboxylic acids is 1. The molecule has 0 aromatic heterocycles. The largest absolute Gasteiger partial charge is 0.481 e. The van der Waals surface area contributed by atoms with E-state index in [-0.39, 0.29) is 45.4 Å². The molecular weight excluding hydrogens is 216 g/mol. The molecule has 0 aromatic rings. The molecule has 6 heteroatoms. The SMILES string of the molecule is O=C(O)CC1COCC2(COCOC2)C1=O. The molecule has 0 amide bonds. The Morgan fingerprint density at radius 1 is 1.31 bits per heavy atom. The van der Waals surface area contributed by atoms with E-state index in [0.717, 1.165) is 0 Å². The fraction of sp³-hybridized carbons (Fsp3) is 0.800. The van der Waals surface area contributed by atoms with Crippen LogP contribution in [-0.4, -0.2) is 50.1 Å². The second-order valence-electron chi connectivity index (χ2n) is 4.27. The van der Waals surface area contributed by atoms with Crippen molar-refractivity contribution in [2.24, 2.45) is 11.3 Å². The van der Waals surface area contributed by atoms with Crippen molar-refractivity contribution < 1.29 is 28.9 Å². The van der Waals surface area contributed by atoms with E-state index < -0.39 is 17.3 Å². The molecule has 2 aliphatic heterocycles. The van der Waals surface area contributed by atoms with E-state index in [1.165, 1.54) is 0 Å². The van der Waals surface area contributed by atoms with Gasteiger partial charge < -0.3 is 19.3 Å². The van der Waals surface area contributed by atoms with Crippen molar-refractivity contribution in [2.75, 3.05) is 33.2 Å². The first-order valence-electron chi connectivity index (χ1n) is 5.13. The summed E-state index contributed by atoms with van der Waals surface area (Å²) < 4.78 is 15.5. The molecule has 2 aliphatic rings. The van der Waals surface area contributed by atoms with Crippen LogP contribution in [0.5, 0.6) is 0 Å². The molecule has 90 valence electrons. The van der Waals surface area contributed by atoms with Gasteiger partial charge in [-0.05, 0) is 0 Å². The fourth-order valence-corrected chi connectivity index (χ4v) is 2.14. The Morgan fingerprint density at radius 3 is 2.56 bits per heavy atom. The molecule has 0 radical (unpaired) electrons. The van der Waals surface area contributed by atoms with E-state index in [4.69, 9.17) is 19.3 Å². The highest BCUT2D eigenvalue weighted by atomic mass is 16.7. The summed E-state index contributed by atoms with van der Waals surface area (Å²) in [4.78, 5) is 22.7. The maximum Gasteiger partial charge on any atom is 0.304 e. The van der Waals surface area contributed by atoms with E-state index in [0.29, 0.717) is 0 Å². The minimum absolute atomic E-state index is 0.110. The fourth-order valence-electron chi connectivity index (χ4n) is 2.14. The third-order valence-corrected chi connectivity index (χ3v) is 2.94. The van der Waals surface area contributed by atoms with Gasteiger partial charge in [-0.15, -0.1) is 0 Å². The number of hydrogen-bond acceptors (Lipinski definition) is 5. The molecule has 1 spiro atoms. The van der Waals surface area contributed by atoms with Crippen LogP contribution in [0.15, 0.2) is 0 Å². The zero-order valence-electron chi connectivity index (χ0n) is 8.81. The van der Waals surface area contributed by atoms with Crippen LogP contribution in [0.2, 0.25) is 0 Å². The van der Waals surface area contributed by atoms with E-state index in [9.17, 15) is 9.59 Å². The molecule has 2 heterocycles. The normalized spacial score (nSPS) is 29.2. The van der Waals surface area contributed by atoms with E-state index >= 15 is 0 Å². The molecule has 1 N–H and O–H groups in total. The Bertz CT molecular complexity index is 288. The Kier molecular flexibility index (Phi) is 3.22. The Hall–Kier alpha value is -0.980. The first-order chi connectivity index (χ1) is 7.64. The summed E-state index contributed by atoms with van der Waals surface area (Å²) in [5, 5.41) is 8.70. The van der Waals surface area contributed by atoms with Crippen molar-refractivity contribution in [1.29, 1.82) is 0 Å². The number of carbonyl (C=O) groups is 2. The molecule has 2 fully saturated rings. The second kappa shape index (κ2) is 4.48. The third-order valence-electron chi connectivity index (χ3n) is 2.94. The zero-order valence-corrected chi connectivity index (χ0v) is 8.81. The molecule has 6 nitrogen and oxygen atoms in total. The molecule has 0 saturated carbocycles. The van der Waals surface area contributed by atoms with Crippen molar-refractivity contribution in [1.82, 2.24) is 0 Å². The predicted octanol–water partition coefficient (Wildman–Crippen LogP) is -0.333. The minimum Gasteiger partial charge on any atom is -0.481 e. The number of carboxylic acids is 1. The Morgan fingerprint density at radius 2 is 1.94 bits per heavy atom. The highest BCUT2D eigenvalue weighted by Crippen LogP contribution is 2.32. The molecule has 16 heavy (non-hydrogen) atoms. The standard InChI is InChI=1S/C10H14O6/c11-8(12)1-7-2-14-3-10(9(7)13)4-15-6-16-5-10/h7H,1-6H2,(H,11,12). The van der Waals surface area contributed by atoms with Gasteiger partial charge in [0.1, 0.15) is 6.79 Å². The summed E-state index contributed by atoms with van der Waals surface area (Å²) in [6.45, 7) is 1.11. The number of ketones is 1. The molecule has 0 aliphatic carbocycles. The molecule has 2 rings (SSSR count). The van der Waals surface area contributed by atoms with Crippen LogP contribution in [0, 0.1) is 11.3 Å². The average Bonchev–Trinajstić information content (AvgIpc) is 2.26. The van der Waals surface area contributed by atoms with Gasteiger partial charge in [0, 0.05) is 0 Å². The van der Waals surface area contributed by atoms with Crippen LogP contribution in [0.1, 0.15) is 6.42 Å². The Labute approximate surface area is 92.5 Å². The van der Waals surface area contributed by atoms with Gasteiger partial charge in [0.05, 0.1) is 44.2 Å². The number of Topliss-reactive ketones (excluding diaryl/α,β-unsaturated/α-hetero) is 1. The van der Waals surface area contributed by atoms with Gasteiger partial charge in [-0.1, -0.05) is 0 Å². The summed E-state index contributed by atoms with van der Waals surface area (Å²) in [5.74, 6) is -1.69. The van der Waals surface area contributed by atoms with Crippen LogP contribution in [0.4, 0.5) is 0 Å². The van der Waals surface area contributed by atoms with Crippen molar-refractivity contribution in [2.45, 2.75) is 6.42 Å². The molecule has 0 bridgehead atoms. The lowest BCUT2D eigenvalue weighted by molar-refractivity contribution is -0.203. The highest BCUT2D eigenvalue weighted by molar-refractivity contribution is 5.90. The summed E-state index contributed by atoms with van der Waals surface area (Å²) in [7, 11) is 0. The number of carboxylic acid groups (broad SMARTS) is 1. The summed E-state index contributed by atoms with van der Waals surface area (Å²) in [5.41, 5.74) is -0.795. The van der Waals surface area contributed by atoms with Gasteiger partial charge in [0.15, 0.2) is 5.78 Å². The number of ether oxygens (including phenoxy) is 3. The van der Waals surface area contributed by atoms with Crippen LogP contribution in [0.25, 0.3) is 0 Å². The minimum atomic E-state index is -0.989. The van der Waals surface area contributed by atoms with Gasteiger partial charge >= 0.3 is 5.97 Å². The molecule has 1 atom stereocenters. The number of aliphatic carboxylic acids is 1. The first-order valence-corrected chi connectivity index (χ1v) is 5.13. The van der Waals surface area contributed by atoms with Crippen molar-refractivity contribution in [3.05, 3.63) is 0 Å². The molecule has 0 aromatic carbocycles. The lowest BCUT2D eigenvalue weighted by Gasteiger charge is -2.40. The van der Waals surface area contributed by atoms with Crippen molar-refractivity contribution in [3.63, 3.8) is 0 Å². The second-order valence-corrected chi connectivity index (χ2v) is 4.27. The molecule has 1 unspecified atom stereocenters. The van der Waals surface area contributed by atoms with E-state index in [1.807, 2.05) is 0 Å². The van der Waals surface area contributed by atoms with Crippen LogP contribution in [0.3, 0.4) is 0 Å². The van der Waals surface area contributed by atoms with Gasteiger partial charge in [-0.3, -0.25) is 9.59 Å². The highest BCUT2D eigenvalue weighted by Gasteiger charge is 2.48. The van der Waals surface area contributed by atoms with Crippen LogP contribution < -0.4 is 0 Å².